The number of hydrogen-bond donors (Lipinski definition) is 1. The molecule has 2 rings (SSSR count). The van der Waals surface area contributed by atoms with E-state index in [0.717, 1.165) is 5.22 Å². The topological polar surface area (TPSA) is 49.7 Å². The van der Waals surface area contributed by atoms with Gasteiger partial charge in [0.1, 0.15) is 0 Å². The first-order valence-electron chi connectivity index (χ1n) is 4.25. The lowest BCUT2D eigenvalue weighted by Gasteiger charge is -2.10. The normalized spacial score (nSPS) is 19.1. The van der Waals surface area contributed by atoms with Crippen LogP contribution in [0.1, 0.15) is 0 Å². The van der Waals surface area contributed by atoms with Crippen molar-refractivity contribution in [2.45, 2.75) is 6.04 Å². The van der Waals surface area contributed by atoms with Gasteiger partial charge in [-0.1, -0.05) is 24.8 Å². The number of rotatable bonds is 1. The fourth-order valence-corrected chi connectivity index (χ4v) is 1.44. The highest BCUT2D eigenvalue weighted by Crippen LogP contribution is 2.07. The molecule has 0 fully saturated rings. The molecule has 0 bridgehead atoms. The number of benzene rings is 1. The molecule has 70 valence electrons. The quantitative estimate of drug-likeness (QED) is 0.678. The number of hydrogen-bond acceptors (Lipinski definition) is 2. The zero-order valence-corrected chi connectivity index (χ0v) is 7.47. The molecule has 0 amide bonds. The van der Waals surface area contributed by atoms with Gasteiger partial charge < -0.3 is 5.11 Å². The summed E-state index contributed by atoms with van der Waals surface area (Å²) in [6.07, 6.45) is 1.76. The first kappa shape index (κ1) is 8.69. The van der Waals surface area contributed by atoms with Crippen molar-refractivity contribution in [1.29, 1.82) is 0 Å². The highest BCUT2D eigenvalue weighted by molar-refractivity contribution is 5.81. The van der Waals surface area contributed by atoms with Gasteiger partial charge in [-0.2, -0.15) is 0 Å². The van der Waals surface area contributed by atoms with Gasteiger partial charge in [-0.25, -0.2) is 4.79 Å². The van der Waals surface area contributed by atoms with Gasteiger partial charge in [0.05, 0.1) is 5.36 Å². The van der Waals surface area contributed by atoms with E-state index in [1.165, 1.54) is 0 Å². The van der Waals surface area contributed by atoms with Crippen LogP contribution in [0.5, 0.6) is 0 Å². The summed E-state index contributed by atoms with van der Waals surface area (Å²) in [6, 6.07) is 6.59. The average Bonchev–Trinajstić information content (AvgIpc) is 2.16. The molecule has 1 aromatic rings. The molecular formula is C11H9NO2. The molecule has 1 aliphatic rings. The van der Waals surface area contributed by atoms with Crippen molar-refractivity contribution in [1.82, 2.24) is 0 Å². The highest BCUT2D eigenvalue weighted by atomic mass is 16.4. The first-order chi connectivity index (χ1) is 6.68. The van der Waals surface area contributed by atoms with Crippen LogP contribution in [0.2, 0.25) is 0 Å². The number of fused-ring (bicyclic) bond motifs is 1. The summed E-state index contributed by atoms with van der Waals surface area (Å²) < 4.78 is 0. The summed E-state index contributed by atoms with van der Waals surface area (Å²) in [5.74, 6) is -0.958. The maximum Gasteiger partial charge on any atom is 0.333 e. The van der Waals surface area contributed by atoms with Gasteiger partial charge >= 0.3 is 5.97 Å². The van der Waals surface area contributed by atoms with Crippen molar-refractivity contribution < 1.29 is 9.90 Å². The largest absolute Gasteiger partial charge is 0.479 e. The van der Waals surface area contributed by atoms with Gasteiger partial charge in [-0.3, -0.25) is 4.99 Å². The monoisotopic (exact) mass is 187 g/mol. The smallest absolute Gasteiger partial charge is 0.333 e. The lowest BCUT2D eigenvalue weighted by atomic mass is 10.0. The lowest BCUT2D eigenvalue weighted by Crippen LogP contribution is -2.35. The molecule has 14 heavy (non-hydrogen) atoms. The van der Waals surface area contributed by atoms with Crippen LogP contribution in [0.3, 0.4) is 0 Å². The minimum Gasteiger partial charge on any atom is -0.479 e. The Bertz CT molecular complexity index is 516. The van der Waals surface area contributed by atoms with Crippen molar-refractivity contribution in [3.05, 3.63) is 47.0 Å². The van der Waals surface area contributed by atoms with E-state index >= 15 is 0 Å². The lowest BCUT2D eigenvalue weighted by molar-refractivity contribution is -0.137. The Labute approximate surface area is 80.7 Å². The van der Waals surface area contributed by atoms with E-state index in [2.05, 4.69) is 11.6 Å². The van der Waals surface area contributed by atoms with Crippen molar-refractivity contribution in [3.63, 3.8) is 0 Å². The second-order valence-corrected chi connectivity index (χ2v) is 3.15. The van der Waals surface area contributed by atoms with Crippen LogP contribution in [0.25, 0.3) is 6.08 Å². The van der Waals surface area contributed by atoms with Crippen LogP contribution in [0.15, 0.2) is 41.4 Å². The number of aliphatic carboxylic acids is 1. The molecule has 1 heterocycles. The van der Waals surface area contributed by atoms with Gasteiger partial charge in [0.25, 0.3) is 0 Å². The molecule has 1 aromatic carbocycles. The summed E-state index contributed by atoms with van der Waals surface area (Å²) in [7, 11) is 0. The number of carboxylic acid groups (broad SMARTS) is 1. The molecule has 0 spiro atoms. The third-order valence-electron chi connectivity index (χ3n) is 2.13. The number of nitrogens with zero attached hydrogens (tertiary/aromatic N) is 1. The third kappa shape index (κ3) is 1.33. The Morgan fingerprint density at radius 2 is 2.14 bits per heavy atom. The van der Waals surface area contributed by atoms with Crippen molar-refractivity contribution in [3.8, 4) is 0 Å². The van der Waals surface area contributed by atoms with Crippen LogP contribution >= 0.6 is 0 Å². The van der Waals surface area contributed by atoms with Crippen molar-refractivity contribution >= 4 is 12.0 Å². The second-order valence-electron chi connectivity index (χ2n) is 3.15. The molecule has 3 heteroatoms. The zero-order chi connectivity index (χ0) is 10.1. The summed E-state index contributed by atoms with van der Waals surface area (Å²) in [5, 5.41) is 10.5. The molecule has 0 radical (unpaired) electrons. The standard InChI is InChI=1S/C11H9NO2/c1-7-6-8-4-2-3-5-9(8)12-10(7)11(13)14/h2-6,10H,1H2,(H,13,14). The molecule has 0 saturated carbocycles. The Hall–Kier alpha value is -1.90. The number of carboxylic acids is 1. The molecule has 1 atom stereocenters. The number of carbonyl (C=O) groups is 1. The van der Waals surface area contributed by atoms with Crippen molar-refractivity contribution in [2.24, 2.45) is 4.99 Å². The fraction of sp³-hybridized carbons (Fsp3) is 0.0909. The van der Waals surface area contributed by atoms with E-state index in [1.807, 2.05) is 18.2 Å². The van der Waals surface area contributed by atoms with E-state index in [4.69, 9.17) is 5.11 Å². The third-order valence-corrected chi connectivity index (χ3v) is 2.13. The van der Waals surface area contributed by atoms with Crippen molar-refractivity contribution in [2.75, 3.05) is 0 Å². The molecule has 1 unspecified atom stereocenters. The van der Waals surface area contributed by atoms with E-state index in [9.17, 15) is 4.79 Å². The van der Waals surface area contributed by atoms with Gasteiger partial charge in [0, 0.05) is 5.22 Å². The molecule has 3 nitrogen and oxygen atoms in total. The Kier molecular flexibility index (Phi) is 1.93. The zero-order valence-electron chi connectivity index (χ0n) is 7.47. The molecule has 0 saturated heterocycles. The predicted octanol–water partition coefficient (Wildman–Crippen LogP) is 0.110. The van der Waals surface area contributed by atoms with E-state index in [-0.39, 0.29) is 0 Å². The van der Waals surface area contributed by atoms with Crippen LogP contribution in [-0.4, -0.2) is 17.1 Å². The Morgan fingerprint density at radius 3 is 2.86 bits per heavy atom. The summed E-state index contributed by atoms with van der Waals surface area (Å²) in [4.78, 5) is 14.9. The molecule has 0 aliphatic carbocycles. The van der Waals surface area contributed by atoms with Crippen LogP contribution < -0.4 is 10.6 Å². The maximum atomic E-state index is 10.8. The average molecular weight is 187 g/mol. The van der Waals surface area contributed by atoms with E-state index in [0.29, 0.717) is 10.9 Å². The SMILES string of the molecule is C=C1C=c2ccccc2=NC1C(=O)O. The first-order valence-corrected chi connectivity index (χ1v) is 4.25. The minimum atomic E-state index is -0.958. The molecule has 1 N–H and O–H groups in total. The van der Waals surface area contributed by atoms with Gasteiger partial charge in [0.2, 0.25) is 0 Å². The van der Waals surface area contributed by atoms with Gasteiger partial charge in [0.15, 0.2) is 6.04 Å². The second kappa shape index (κ2) is 3.10. The molecule has 1 aliphatic heterocycles. The molecule has 0 aromatic heterocycles. The van der Waals surface area contributed by atoms with Crippen LogP contribution in [0, 0.1) is 0 Å². The summed E-state index contributed by atoms with van der Waals surface area (Å²) in [6.45, 7) is 3.69. The Morgan fingerprint density at radius 1 is 1.43 bits per heavy atom. The van der Waals surface area contributed by atoms with E-state index < -0.39 is 12.0 Å². The van der Waals surface area contributed by atoms with E-state index in [1.54, 1.807) is 12.1 Å². The predicted molar refractivity (Wildman–Crippen MR) is 52.3 cm³/mol. The van der Waals surface area contributed by atoms with Gasteiger partial charge in [-0.15, -0.1) is 0 Å². The number of para-hydroxylation sites is 1. The van der Waals surface area contributed by atoms with Gasteiger partial charge in [-0.05, 0) is 17.7 Å². The van der Waals surface area contributed by atoms with Crippen LogP contribution in [-0.2, 0) is 4.79 Å². The highest BCUT2D eigenvalue weighted by Gasteiger charge is 2.19. The fourth-order valence-electron chi connectivity index (χ4n) is 1.44. The Balaban J connectivity index is 2.67. The summed E-state index contributed by atoms with van der Waals surface area (Å²) >= 11 is 0. The molecular weight excluding hydrogens is 178 g/mol. The summed E-state index contributed by atoms with van der Waals surface area (Å²) in [5.41, 5.74) is 0.524. The minimum absolute atomic E-state index is 0.524. The maximum absolute atomic E-state index is 10.8. The van der Waals surface area contributed by atoms with Crippen LogP contribution in [0.4, 0.5) is 0 Å².